The Kier molecular flexibility index (Phi) is 5.49. The number of rotatable bonds is 7. The average Bonchev–Trinajstić information content (AvgIpc) is 2.35. The van der Waals surface area contributed by atoms with E-state index in [1.807, 2.05) is 24.3 Å². The molecule has 0 bridgehead atoms. The van der Waals surface area contributed by atoms with Gasteiger partial charge in [-0.25, -0.2) is 0 Å². The lowest BCUT2D eigenvalue weighted by atomic mass is 10.0. The van der Waals surface area contributed by atoms with Crippen LogP contribution in [0.3, 0.4) is 0 Å². The molecule has 0 aliphatic heterocycles. The topological polar surface area (TPSA) is 64.3 Å². The summed E-state index contributed by atoms with van der Waals surface area (Å²) in [6, 6.07) is 7.95. The largest absolute Gasteiger partial charge is 0.484 e. The van der Waals surface area contributed by atoms with E-state index in [2.05, 4.69) is 26.1 Å². The second kappa shape index (κ2) is 6.89. The fourth-order valence-corrected chi connectivity index (χ4v) is 1.59. The van der Waals surface area contributed by atoms with E-state index < -0.39 is 5.91 Å². The number of nitrogens with two attached hydrogens (primary N) is 1. The van der Waals surface area contributed by atoms with Gasteiger partial charge in [-0.3, -0.25) is 4.79 Å². The van der Waals surface area contributed by atoms with Crippen LogP contribution in [-0.2, 0) is 4.79 Å². The number of hydrogen-bond acceptors (Lipinski definition) is 3. The van der Waals surface area contributed by atoms with Crippen LogP contribution in [0.15, 0.2) is 24.3 Å². The fourth-order valence-electron chi connectivity index (χ4n) is 1.59. The molecule has 0 heterocycles. The minimum absolute atomic E-state index is 0.0929. The van der Waals surface area contributed by atoms with E-state index in [0.717, 1.165) is 12.1 Å². The second-order valence-electron chi connectivity index (χ2n) is 4.60. The van der Waals surface area contributed by atoms with Crippen LogP contribution >= 0.6 is 0 Å². The number of nitrogens with one attached hydrogen (secondary N) is 1. The van der Waals surface area contributed by atoms with Crippen molar-refractivity contribution in [1.29, 1.82) is 0 Å². The molecular weight excluding hydrogens is 228 g/mol. The van der Waals surface area contributed by atoms with Gasteiger partial charge in [0.25, 0.3) is 5.91 Å². The van der Waals surface area contributed by atoms with Gasteiger partial charge in [-0.2, -0.15) is 0 Å². The highest BCUT2D eigenvalue weighted by Crippen LogP contribution is 2.20. The van der Waals surface area contributed by atoms with Crippen molar-refractivity contribution in [2.75, 3.05) is 11.9 Å². The van der Waals surface area contributed by atoms with Crippen LogP contribution in [0.1, 0.15) is 27.2 Å². The zero-order valence-electron chi connectivity index (χ0n) is 11.3. The van der Waals surface area contributed by atoms with Crippen LogP contribution in [0.4, 0.5) is 5.69 Å². The number of primary amides is 1. The van der Waals surface area contributed by atoms with Gasteiger partial charge in [0.15, 0.2) is 6.61 Å². The Hall–Kier alpha value is -1.71. The van der Waals surface area contributed by atoms with Crippen molar-refractivity contribution in [3.8, 4) is 5.75 Å². The van der Waals surface area contributed by atoms with Crippen LogP contribution in [-0.4, -0.2) is 18.6 Å². The van der Waals surface area contributed by atoms with Crippen LogP contribution in [0.2, 0.25) is 0 Å². The van der Waals surface area contributed by atoms with Crippen LogP contribution in [0, 0.1) is 5.92 Å². The van der Waals surface area contributed by atoms with E-state index in [1.165, 1.54) is 0 Å². The van der Waals surface area contributed by atoms with Gasteiger partial charge < -0.3 is 15.8 Å². The lowest BCUT2D eigenvalue weighted by Gasteiger charge is -2.21. The molecule has 2 unspecified atom stereocenters. The van der Waals surface area contributed by atoms with E-state index in [-0.39, 0.29) is 6.61 Å². The maximum absolute atomic E-state index is 10.6. The molecule has 4 heteroatoms. The maximum Gasteiger partial charge on any atom is 0.255 e. The molecule has 18 heavy (non-hydrogen) atoms. The van der Waals surface area contributed by atoms with Crippen molar-refractivity contribution >= 4 is 11.6 Å². The molecule has 0 aliphatic carbocycles. The lowest BCUT2D eigenvalue weighted by molar-refractivity contribution is -0.119. The molecule has 1 amide bonds. The standard InChI is InChI=1S/C14H22N2O2/c1-4-10(2)11(3)16-12-6-5-7-13(8-12)18-9-14(15)17/h5-8,10-11,16H,4,9H2,1-3H3,(H2,15,17). The second-order valence-corrected chi connectivity index (χ2v) is 4.60. The summed E-state index contributed by atoms with van der Waals surface area (Å²) >= 11 is 0. The fraction of sp³-hybridized carbons (Fsp3) is 0.500. The van der Waals surface area contributed by atoms with Crippen molar-refractivity contribution in [2.24, 2.45) is 11.7 Å². The number of anilines is 1. The zero-order valence-corrected chi connectivity index (χ0v) is 11.3. The van der Waals surface area contributed by atoms with E-state index in [1.54, 1.807) is 0 Å². The Balaban J connectivity index is 2.61. The molecule has 0 spiro atoms. The first-order valence-electron chi connectivity index (χ1n) is 6.30. The third kappa shape index (κ3) is 4.65. The lowest BCUT2D eigenvalue weighted by Crippen LogP contribution is -2.23. The molecule has 1 aromatic rings. The van der Waals surface area contributed by atoms with Gasteiger partial charge in [0.2, 0.25) is 0 Å². The molecule has 4 nitrogen and oxygen atoms in total. The number of benzene rings is 1. The summed E-state index contributed by atoms with van der Waals surface area (Å²) in [5.74, 6) is 0.775. The summed E-state index contributed by atoms with van der Waals surface area (Å²) in [5.41, 5.74) is 6.03. The number of amides is 1. The Morgan fingerprint density at radius 3 is 2.78 bits per heavy atom. The summed E-state index contributed by atoms with van der Waals surface area (Å²) < 4.78 is 5.26. The van der Waals surface area contributed by atoms with Crippen molar-refractivity contribution in [3.05, 3.63) is 24.3 Å². The minimum atomic E-state index is -0.471. The molecule has 0 fully saturated rings. The monoisotopic (exact) mass is 250 g/mol. The molecule has 1 aromatic carbocycles. The molecule has 0 aliphatic rings. The van der Waals surface area contributed by atoms with Gasteiger partial charge in [-0.05, 0) is 25.0 Å². The summed E-state index contributed by atoms with van der Waals surface area (Å²) in [5, 5.41) is 3.42. The number of carbonyl (C=O) groups excluding carboxylic acids is 1. The Morgan fingerprint density at radius 2 is 2.17 bits per heavy atom. The molecule has 0 saturated carbocycles. The average molecular weight is 250 g/mol. The summed E-state index contributed by atoms with van der Waals surface area (Å²) in [4.78, 5) is 10.6. The maximum atomic E-state index is 10.6. The van der Waals surface area contributed by atoms with Gasteiger partial charge in [0.1, 0.15) is 5.75 Å². The van der Waals surface area contributed by atoms with E-state index >= 15 is 0 Å². The normalized spacial score (nSPS) is 13.7. The first kappa shape index (κ1) is 14.4. The summed E-state index contributed by atoms with van der Waals surface area (Å²) in [6.07, 6.45) is 1.13. The summed E-state index contributed by atoms with van der Waals surface area (Å²) in [7, 11) is 0. The molecule has 1 rings (SSSR count). The van der Waals surface area contributed by atoms with E-state index in [0.29, 0.717) is 17.7 Å². The van der Waals surface area contributed by atoms with Crippen molar-refractivity contribution in [3.63, 3.8) is 0 Å². The third-order valence-corrected chi connectivity index (χ3v) is 3.11. The third-order valence-electron chi connectivity index (χ3n) is 3.11. The molecule has 100 valence electrons. The molecule has 3 N–H and O–H groups in total. The quantitative estimate of drug-likeness (QED) is 0.781. The highest BCUT2D eigenvalue weighted by molar-refractivity contribution is 5.75. The zero-order chi connectivity index (χ0) is 13.5. The smallest absolute Gasteiger partial charge is 0.255 e. The molecule has 0 radical (unpaired) electrons. The minimum Gasteiger partial charge on any atom is -0.484 e. The van der Waals surface area contributed by atoms with Crippen LogP contribution in [0.5, 0.6) is 5.75 Å². The number of carbonyl (C=O) groups is 1. The molecule has 0 aromatic heterocycles. The van der Waals surface area contributed by atoms with E-state index in [4.69, 9.17) is 10.5 Å². The van der Waals surface area contributed by atoms with Gasteiger partial charge in [-0.15, -0.1) is 0 Å². The van der Waals surface area contributed by atoms with Crippen LogP contribution < -0.4 is 15.8 Å². The predicted molar refractivity (Wildman–Crippen MR) is 73.7 cm³/mol. The SMILES string of the molecule is CCC(C)C(C)Nc1cccc(OCC(N)=O)c1. The van der Waals surface area contributed by atoms with Gasteiger partial charge in [0, 0.05) is 17.8 Å². The van der Waals surface area contributed by atoms with Gasteiger partial charge >= 0.3 is 0 Å². The predicted octanol–water partition coefficient (Wildman–Crippen LogP) is 2.40. The molecular formula is C14H22N2O2. The first-order chi connectivity index (χ1) is 8.52. The van der Waals surface area contributed by atoms with Crippen molar-refractivity contribution in [1.82, 2.24) is 0 Å². The Morgan fingerprint density at radius 1 is 1.44 bits per heavy atom. The number of hydrogen-bond donors (Lipinski definition) is 2. The van der Waals surface area contributed by atoms with Crippen LogP contribution in [0.25, 0.3) is 0 Å². The number of ether oxygens (including phenoxy) is 1. The molecule has 2 atom stereocenters. The van der Waals surface area contributed by atoms with E-state index in [9.17, 15) is 4.79 Å². The summed E-state index contributed by atoms with van der Waals surface area (Å²) in [6.45, 7) is 6.45. The van der Waals surface area contributed by atoms with Gasteiger partial charge in [-0.1, -0.05) is 26.3 Å². The Labute approximate surface area is 109 Å². The van der Waals surface area contributed by atoms with Crippen molar-refractivity contribution < 1.29 is 9.53 Å². The Bertz CT molecular complexity index is 393. The molecule has 0 saturated heterocycles. The van der Waals surface area contributed by atoms with Gasteiger partial charge in [0.05, 0.1) is 0 Å². The van der Waals surface area contributed by atoms with Crippen molar-refractivity contribution in [2.45, 2.75) is 33.2 Å². The highest BCUT2D eigenvalue weighted by atomic mass is 16.5. The highest BCUT2D eigenvalue weighted by Gasteiger charge is 2.09. The first-order valence-corrected chi connectivity index (χ1v) is 6.30.